The number of hydrogen-bond donors (Lipinski definition) is 1. The predicted molar refractivity (Wildman–Crippen MR) is 161 cm³/mol. The summed E-state index contributed by atoms with van der Waals surface area (Å²) in [6, 6.07) is 20.1. The lowest BCUT2D eigenvalue weighted by Crippen LogP contribution is -2.53. The summed E-state index contributed by atoms with van der Waals surface area (Å²) >= 11 is 6.09. The van der Waals surface area contributed by atoms with Gasteiger partial charge in [-0.25, -0.2) is 8.42 Å². The van der Waals surface area contributed by atoms with E-state index in [1.807, 2.05) is 37.3 Å². The number of sulfonamides is 1. The Balaban J connectivity index is 2.09. The number of methoxy groups -OCH3 is 2. The molecule has 41 heavy (non-hydrogen) atoms. The van der Waals surface area contributed by atoms with Crippen molar-refractivity contribution in [3.8, 4) is 11.5 Å². The molecule has 1 N–H and O–H groups in total. The molecule has 3 rings (SSSR count). The van der Waals surface area contributed by atoms with Gasteiger partial charge in [-0.3, -0.25) is 13.9 Å². The monoisotopic (exact) mass is 601 g/mol. The van der Waals surface area contributed by atoms with E-state index >= 15 is 0 Å². The molecule has 9 nitrogen and oxygen atoms in total. The van der Waals surface area contributed by atoms with E-state index in [2.05, 4.69) is 5.32 Å². The highest BCUT2D eigenvalue weighted by atomic mass is 35.5. The molecule has 0 radical (unpaired) electrons. The maximum absolute atomic E-state index is 14.2. The van der Waals surface area contributed by atoms with Crippen LogP contribution in [0.15, 0.2) is 72.8 Å². The van der Waals surface area contributed by atoms with Crippen LogP contribution < -0.4 is 19.1 Å². The van der Waals surface area contributed by atoms with Gasteiger partial charge in [0.05, 0.1) is 26.2 Å². The van der Waals surface area contributed by atoms with Crippen LogP contribution in [0.5, 0.6) is 11.5 Å². The van der Waals surface area contributed by atoms with E-state index in [9.17, 15) is 18.0 Å². The normalized spacial score (nSPS) is 11.8. The third-order valence-corrected chi connectivity index (χ3v) is 7.80. The van der Waals surface area contributed by atoms with E-state index in [0.29, 0.717) is 23.7 Å². The van der Waals surface area contributed by atoms with Crippen LogP contribution in [0.2, 0.25) is 5.02 Å². The molecular formula is C30H36ClN3O6S. The number of amides is 2. The second-order valence-corrected chi connectivity index (χ2v) is 11.8. The molecule has 0 aromatic heterocycles. The number of halogens is 1. The van der Waals surface area contributed by atoms with Crippen LogP contribution in [0.1, 0.15) is 24.5 Å². The zero-order valence-electron chi connectivity index (χ0n) is 23.7. The second-order valence-electron chi connectivity index (χ2n) is 9.45. The predicted octanol–water partition coefficient (Wildman–Crippen LogP) is 4.29. The molecule has 3 aromatic carbocycles. The summed E-state index contributed by atoms with van der Waals surface area (Å²) in [5, 5.41) is 3.44. The number of nitrogens with zero attached hydrogens (tertiary/aromatic N) is 2. The molecule has 0 heterocycles. The van der Waals surface area contributed by atoms with Crippen LogP contribution >= 0.6 is 11.6 Å². The van der Waals surface area contributed by atoms with Gasteiger partial charge in [0.15, 0.2) is 0 Å². The number of ether oxygens (including phenoxy) is 2. The Morgan fingerprint density at radius 2 is 1.63 bits per heavy atom. The van der Waals surface area contributed by atoms with E-state index in [-0.39, 0.29) is 30.3 Å². The topological polar surface area (TPSA) is 105 Å². The smallest absolute Gasteiger partial charge is 0.244 e. The lowest BCUT2D eigenvalue weighted by molar-refractivity contribution is -0.140. The van der Waals surface area contributed by atoms with Gasteiger partial charge in [0.25, 0.3) is 0 Å². The number of anilines is 1. The fourth-order valence-corrected chi connectivity index (χ4v) is 5.26. The van der Waals surface area contributed by atoms with E-state index in [0.717, 1.165) is 21.7 Å². The SMILES string of the molecule is CCCNC(=O)C(Cc1ccccc1)N(Cc1ccc(Cl)cc1)C(=O)CN(c1cc(OC)ccc1OC)S(C)(=O)=O. The summed E-state index contributed by atoms with van der Waals surface area (Å²) in [7, 11) is -1.10. The third-order valence-electron chi connectivity index (χ3n) is 6.42. The van der Waals surface area contributed by atoms with E-state index in [1.54, 1.807) is 36.4 Å². The van der Waals surface area contributed by atoms with Crippen LogP contribution in [0.4, 0.5) is 5.69 Å². The molecule has 0 bridgehead atoms. The lowest BCUT2D eigenvalue weighted by Gasteiger charge is -2.33. The molecule has 0 spiro atoms. The van der Waals surface area contributed by atoms with Crippen molar-refractivity contribution in [3.05, 3.63) is 88.9 Å². The van der Waals surface area contributed by atoms with Crippen molar-refractivity contribution in [2.45, 2.75) is 32.4 Å². The minimum absolute atomic E-state index is 0.0555. The van der Waals surface area contributed by atoms with Crippen molar-refractivity contribution in [2.24, 2.45) is 0 Å². The van der Waals surface area contributed by atoms with Crippen LogP contribution in [0, 0.1) is 0 Å². The van der Waals surface area contributed by atoms with Gasteiger partial charge in [-0.1, -0.05) is 61.0 Å². The fourth-order valence-electron chi connectivity index (χ4n) is 4.29. The maximum Gasteiger partial charge on any atom is 0.244 e. The van der Waals surface area contributed by atoms with Crippen LogP contribution in [0.25, 0.3) is 0 Å². The van der Waals surface area contributed by atoms with Crippen molar-refractivity contribution >= 4 is 39.1 Å². The van der Waals surface area contributed by atoms with E-state index in [4.69, 9.17) is 21.1 Å². The van der Waals surface area contributed by atoms with Crippen molar-refractivity contribution in [2.75, 3.05) is 37.9 Å². The van der Waals surface area contributed by atoms with Gasteiger partial charge in [-0.05, 0) is 41.8 Å². The Morgan fingerprint density at radius 1 is 0.951 bits per heavy atom. The average Bonchev–Trinajstić information content (AvgIpc) is 2.96. The van der Waals surface area contributed by atoms with Crippen molar-refractivity contribution in [1.29, 1.82) is 0 Å². The van der Waals surface area contributed by atoms with Gasteiger partial charge in [0.1, 0.15) is 24.1 Å². The Hall–Kier alpha value is -3.76. The highest BCUT2D eigenvalue weighted by Gasteiger charge is 2.33. The molecular weight excluding hydrogens is 566 g/mol. The Morgan fingerprint density at radius 3 is 2.22 bits per heavy atom. The summed E-state index contributed by atoms with van der Waals surface area (Å²) in [5.41, 5.74) is 1.73. The molecule has 0 fully saturated rings. The summed E-state index contributed by atoms with van der Waals surface area (Å²) in [6.45, 7) is 1.86. The first-order chi connectivity index (χ1) is 19.6. The number of carbonyl (C=O) groups excluding carboxylic acids is 2. The first kappa shape index (κ1) is 31.8. The summed E-state index contributed by atoms with van der Waals surface area (Å²) in [5.74, 6) is -0.263. The van der Waals surface area contributed by atoms with Gasteiger partial charge in [-0.15, -0.1) is 0 Å². The van der Waals surface area contributed by atoms with Crippen LogP contribution in [-0.2, 0) is 32.6 Å². The van der Waals surface area contributed by atoms with Gasteiger partial charge >= 0.3 is 0 Å². The van der Waals surface area contributed by atoms with E-state index < -0.39 is 28.5 Å². The molecule has 0 aliphatic rings. The van der Waals surface area contributed by atoms with Gasteiger partial charge in [-0.2, -0.15) is 0 Å². The number of hydrogen-bond acceptors (Lipinski definition) is 6. The second kappa shape index (κ2) is 14.7. The largest absolute Gasteiger partial charge is 0.497 e. The molecule has 1 unspecified atom stereocenters. The average molecular weight is 602 g/mol. The zero-order valence-corrected chi connectivity index (χ0v) is 25.2. The van der Waals surface area contributed by atoms with Crippen LogP contribution in [-0.4, -0.2) is 64.7 Å². The van der Waals surface area contributed by atoms with Gasteiger partial charge in [0.2, 0.25) is 21.8 Å². The highest BCUT2D eigenvalue weighted by molar-refractivity contribution is 7.92. The molecule has 11 heteroatoms. The lowest BCUT2D eigenvalue weighted by atomic mass is 10.0. The third kappa shape index (κ3) is 8.86. The summed E-state index contributed by atoms with van der Waals surface area (Å²) < 4.78 is 37.8. The van der Waals surface area contributed by atoms with Gasteiger partial charge in [0, 0.05) is 30.6 Å². The first-order valence-corrected chi connectivity index (χ1v) is 15.3. The maximum atomic E-state index is 14.2. The number of carbonyl (C=O) groups is 2. The number of rotatable bonds is 14. The number of nitrogens with one attached hydrogen (secondary N) is 1. The standard InChI is InChI=1S/C30H36ClN3O6S/c1-5-17-32-30(36)27(18-22-9-7-6-8-10-22)33(20-23-11-13-24(31)14-12-23)29(35)21-34(41(4,37)38)26-19-25(39-2)15-16-28(26)40-3/h6-16,19,27H,5,17-18,20-21H2,1-4H3,(H,32,36). The summed E-state index contributed by atoms with van der Waals surface area (Å²) in [4.78, 5) is 29.1. The molecule has 1 atom stereocenters. The minimum Gasteiger partial charge on any atom is -0.497 e. The minimum atomic E-state index is -3.97. The first-order valence-electron chi connectivity index (χ1n) is 13.1. The Bertz CT molecular complexity index is 1420. The summed E-state index contributed by atoms with van der Waals surface area (Å²) in [6.07, 6.45) is 1.96. The Kier molecular flexibility index (Phi) is 11.4. The molecule has 0 saturated carbocycles. The highest BCUT2D eigenvalue weighted by Crippen LogP contribution is 2.34. The number of benzene rings is 3. The molecule has 2 amide bonds. The van der Waals surface area contributed by atoms with Gasteiger partial charge < -0.3 is 19.7 Å². The molecule has 0 aliphatic carbocycles. The van der Waals surface area contributed by atoms with Crippen molar-refractivity contribution < 1.29 is 27.5 Å². The van der Waals surface area contributed by atoms with Crippen molar-refractivity contribution in [1.82, 2.24) is 10.2 Å². The fraction of sp³-hybridized carbons (Fsp3) is 0.333. The zero-order chi connectivity index (χ0) is 30.0. The molecule has 0 aliphatic heterocycles. The molecule has 3 aromatic rings. The molecule has 0 saturated heterocycles. The quantitative estimate of drug-likeness (QED) is 0.296. The van der Waals surface area contributed by atoms with E-state index in [1.165, 1.54) is 25.2 Å². The molecule has 220 valence electrons. The van der Waals surface area contributed by atoms with Crippen molar-refractivity contribution in [3.63, 3.8) is 0 Å². The van der Waals surface area contributed by atoms with Crippen LogP contribution in [0.3, 0.4) is 0 Å². The Labute approximate surface area is 247 Å².